The molecule has 0 spiro atoms. The number of methoxy groups -OCH3 is 1. The molecule has 2 aromatic heterocycles. The maximum Gasteiger partial charge on any atom is 0.214 e. The summed E-state index contributed by atoms with van der Waals surface area (Å²) in [7, 11) is 1.55. The number of carbonyl (C=O) groups excluding carboxylic acids is 1. The third kappa shape index (κ3) is 4.14. The minimum Gasteiger partial charge on any atom is -0.481 e. The highest BCUT2D eigenvalue weighted by molar-refractivity contribution is 6.99. The van der Waals surface area contributed by atoms with E-state index >= 15 is 0 Å². The molecule has 4 rings (SSSR count). The summed E-state index contributed by atoms with van der Waals surface area (Å²) in [4.78, 5) is 17.7. The smallest absolute Gasteiger partial charge is 0.214 e. The Morgan fingerprint density at radius 2 is 1.72 bits per heavy atom. The van der Waals surface area contributed by atoms with Crippen molar-refractivity contribution in [2.45, 2.75) is 6.04 Å². The molecule has 0 radical (unpaired) electrons. The Hall–Kier alpha value is -3.58. The van der Waals surface area contributed by atoms with Crippen LogP contribution in [0.4, 0.5) is 5.69 Å². The van der Waals surface area contributed by atoms with Crippen molar-refractivity contribution in [2.75, 3.05) is 12.4 Å². The van der Waals surface area contributed by atoms with Gasteiger partial charge in [0.2, 0.25) is 11.7 Å². The Morgan fingerprint density at radius 3 is 2.45 bits per heavy atom. The Bertz CT molecular complexity index is 1100. The molecule has 2 heterocycles. The van der Waals surface area contributed by atoms with Crippen LogP contribution < -0.4 is 10.1 Å². The minimum atomic E-state index is -0.630. The average molecular weight is 402 g/mol. The van der Waals surface area contributed by atoms with Gasteiger partial charge in [-0.3, -0.25) is 4.79 Å². The van der Waals surface area contributed by atoms with Gasteiger partial charge in [0.05, 0.1) is 18.8 Å². The van der Waals surface area contributed by atoms with Gasteiger partial charge in [-0.25, -0.2) is 4.98 Å². The van der Waals surface area contributed by atoms with Crippen LogP contribution in [0.2, 0.25) is 0 Å². The normalized spacial score (nSPS) is 11.6. The van der Waals surface area contributed by atoms with Crippen LogP contribution in [-0.2, 0) is 0 Å². The first-order chi connectivity index (χ1) is 14.3. The lowest BCUT2D eigenvalue weighted by molar-refractivity contribution is 0.0966. The zero-order valence-electron chi connectivity index (χ0n) is 15.6. The van der Waals surface area contributed by atoms with Crippen molar-refractivity contribution in [1.82, 2.24) is 13.7 Å². The fourth-order valence-corrected chi connectivity index (χ4v) is 3.57. The summed E-state index contributed by atoms with van der Waals surface area (Å²) >= 11 is 1.04. The first kappa shape index (κ1) is 18.8. The van der Waals surface area contributed by atoms with Gasteiger partial charge in [-0.2, -0.15) is 8.75 Å². The second kappa shape index (κ2) is 8.62. The third-order valence-electron chi connectivity index (χ3n) is 4.42. The lowest BCUT2D eigenvalue weighted by Crippen LogP contribution is -2.22. The van der Waals surface area contributed by atoms with Gasteiger partial charge in [0.1, 0.15) is 11.7 Å². The number of nitrogens with zero attached hydrogens (tertiary/aromatic N) is 3. The molecule has 0 fully saturated rings. The van der Waals surface area contributed by atoms with Crippen LogP contribution in [0.25, 0.3) is 11.3 Å². The number of carbonyl (C=O) groups is 1. The summed E-state index contributed by atoms with van der Waals surface area (Å²) in [6.45, 7) is 0. The second-order valence-corrected chi connectivity index (χ2v) is 6.80. The van der Waals surface area contributed by atoms with Crippen molar-refractivity contribution in [1.29, 1.82) is 0 Å². The third-order valence-corrected chi connectivity index (χ3v) is 4.95. The first-order valence-corrected chi connectivity index (χ1v) is 9.73. The first-order valence-electron chi connectivity index (χ1n) is 9.00. The highest BCUT2D eigenvalue weighted by Gasteiger charge is 2.27. The molecule has 1 N–H and O–H groups in total. The summed E-state index contributed by atoms with van der Waals surface area (Å²) in [6, 6.07) is 22.1. The lowest BCUT2D eigenvalue weighted by Gasteiger charge is -2.19. The van der Waals surface area contributed by atoms with Crippen LogP contribution in [0.5, 0.6) is 5.88 Å². The summed E-state index contributed by atoms with van der Waals surface area (Å²) < 4.78 is 13.9. The van der Waals surface area contributed by atoms with E-state index in [1.54, 1.807) is 25.4 Å². The zero-order valence-corrected chi connectivity index (χ0v) is 16.5. The van der Waals surface area contributed by atoms with Crippen molar-refractivity contribution in [2.24, 2.45) is 0 Å². The van der Waals surface area contributed by atoms with E-state index in [4.69, 9.17) is 4.74 Å². The number of rotatable bonds is 7. The molecule has 0 saturated carbocycles. The van der Waals surface area contributed by atoms with Crippen LogP contribution in [0.15, 0.2) is 79.0 Å². The van der Waals surface area contributed by atoms with Crippen LogP contribution in [0.3, 0.4) is 0 Å². The predicted octanol–water partition coefficient (Wildman–Crippen LogP) is 4.64. The lowest BCUT2D eigenvalue weighted by atomic mass is 9.97. The predicted molar refractivity (Wildman–Crippen MR) is 113 cm³/mol. The molecule has 0 aliphatic carbocycles. The number of hydrogen-bond acceptors (Lipinski definition) is 7. The summed E-state index contributed by atoms with van der Waals surface area (Å²) in [6.07, 6.45) is 1.63. The van der Waals surface area contributed by atoms with E-state index in [9.17, 15) is 4.79 Å². The number of nitrogens with one attached hydrogen (secondary N) is 1. The number of ketones is 1. The number of benzene rings is 2. The molecule has 0 aliphatic rings. The SMILES string of the molecule is COc1cc(NC(C(=O)c2nsnc2-c2ccccc2)c2ccccc2)ccn1. The Kier molecular flexibility index (Phi) is 5.58. The largest absolute Gasteiger partial charge is 0.481 e. The summed E-state index contributed by atoms with van der Waals surface area (Å²) in [5.74, 6) is 0.314. The minimum absolute atomic E-state index is 0.153. The van der Waals surface area contributed by atoms with Crippen LogP contribution in [-0.4, -0.2) is 26.6 Å². The van der Waals surface area contributed by atoms with Gasteiger partial charge < -0.3 is 10.1 Å². The number of anilines is 1. The maximum absolute atomic E-state index is 13.6. The van der Waals surface area contributed by atoms with Crippen LogP contribution >= 0.6 is 11.7 Å². The van der Waals surface area contributed by atoms with E-state index in [2.05, 4.69) is 19.0 Å². The second-order valence-electron chi connectivity index (χ2n) is 6.27. The molecule has 4 aromatic rings. The highest BCUT2D eigenvalue weighted by atomic mass is 32.1. The molecule has 0 amide bonds. The van der Waals surface area contributed by atoms with Crippen LogP contribution in [0, 0.1) is 0 Å². The maximum atomic E-state index is 13.6. The molecule has 1 atom stereocenters. The molecule has 1 unspecified atom stereocenters. The molecule has 2 aromatic carbocycles. The Morgan fingerprint density at radius 1 is 1.00 bits per heavy atom. The quantitative estimate of drug-likeness (QED) is 0.454. The van der Waals surface area contributed by atoms with E-state index in [0.717, 1.165) is 28.5 Å². The molecule has 6 nitrogen and oxygen atoms in total. The van der Waals surface area contributed by atoms with Gasteiger partial charge in [0.15, 0.2) is 5.69 Å². The van der Waals surface area contributed by atoms with Crippen molar-refractivity contribution < 1.29 is 9.53 Å². The van der Waals surface area contributed by atoms with Gasteiger partial charge >= 0.3 is 0 Å². The number of pyridine rings is 1. The van der Waals surface area contributed by atoms with E-state index in [1.807, 2.05) is 60.7 Å². The molecular formula is C22H18N4O2S. The molecule has 0 bridgehead atoms. The van der Waals surface area contributed by atoms with Crippen molar-refractivity contribution in [3.05, 3.63) is 90.3 Å². The zero-order chi connectivity index (χ0) is 20.1. The highest BCUT2D eigenvalue weighted by Crippen LogP contribution is 2.29. The molecule has 144 valence electrons. The van der Waals surface area contributed by atoms with Gasteiger partial charge in [0, 0.05) is 23.5 Å². The Balaban J connectivity index is 1.72. The summed E-state index contributed by atoms with van der Waals surface area (Å²) in [5, 5.41) is 3.30. The Labute approximate surface area is 172 Å². The topological polar surface area (TPSA) is 77.0 Å². The number of aromatic nitrogens is 3. The summed E-state index contributed by atoms with van der Waals surface area (Å²) in [5.41, 5.74) is 3.37. The fourth-order valence-electron chi connectivity index (χ4n) is 3.00. The number of ether oxygens (including phenoxy) is 1. The van der Waals surface area contributed by atoms with Gasteiger partial charge in [-0.15, -0.1) is 0 Å². The van der Waals surface area contributed by atoms with Gasteiger partial charge in [0.25, 0.3) is 0 Å². The van der Waals surface area contributed by atoms with Crippen LogP contribution in [0.1, 0.15) is 22.1 Å². The fraction of sp³-hybridized carbons (Fsp3) is 0.0909. The standard InChI is InChI=1S/C22H18N4O2S/c1-28-18-14-17(12-13-23-18)24-20(16-10-6-3-7-11-16)22(27)21-19(25-29-26-21)15-8-4-2-5-9-15/h2-14,20H,1H3,(H,23,24). The molecule has 7 heteroatoms. The number of Topliss-reactive ketones (excluding diaryl/α,β-unsaturated/α-hetero) is 1. The molecule has 0 aliphatic heterocycles. The number of hydrogen-bond donors (Lipinski definition) is 1. The van der Waals surface area contributed by atoms with E-state index < -0.39 is 6.04 Å². The molecular weight excluding hydrogens is 384 g/mol. The monoisotopic (exact) mass is 402 g/mol. The molecule has 29 heavy (non-hydrogen) atoms. The van der Waals surface area contributed by atoms with E-state index in [1.165, 1.54) is 0 Å². The average Bonchev–Trinajstić information content (AvgIpc) is 3.28. The van der Waals surface area contributed by atoms with E-state index in [0.29, 0.717) is 17.3 Å². The van der Waals surface area contributed by atoms with Crippen molar-refractivity contribution in [3.63, 3.8) is 0 Å². The van der Waals surface area contributed by atoms with Crippen molar-refractivity contribution in [3.8, 4) is 17.1 Å². The van der Waals surface area contributed by atoms with Crippen molar-refractivity contribution >= 4 is 23.2 Å². The van der Waals surface area contributed by atoms with E-state index in [-0.39, 0.29) is 5.78 Å². The van der Waals surface area contributed by atoms with Gasteiger partial charge in [-0.1, -0.05) is 60.7 Å². The van der Waals surface area contributed by atoms with Gasteiger partial charge in [-0.05, 0) is 11.6 Å². The molecule has 0 saturated heterocycles.